The second-order valence-corrected chi connectivity index (χ2v) is 23.5. The van der Waals surface area contributed by atoms with Crippen LogP contribution in [0.2, 0.25) is 0 Å². The van der Waals surface area contributed by atoms with E-state index >= 15 is 0 Å². The predicted octanol–water partition coefficient (Wildman–Crippen LogP) is 19.0. The number of rotatable bonds is 57. The van der Waals surface area contributed by atoms with Crippen LogP contribution in [0.3, 0.4) is 0 Å². The topological polar surface area (TPSA) is 111 Å². The number of ether oxygens (including phenoxy) is 2. The number of carbonyl (C=O) groups is 2. The molecule has 2 unspecified atom stereocenters. The van der Waals surface area contributed by atoms with Gasteiger partial charge in [-0.2, -0.15) is 0 Å². The molecule has 0 heterocycles. The minimum Gasteiger partial charge on any atom is -0.756 e. The van der Waals surface area contributed by atoms with Crippen LogP contribution in [-0.4, -0.2) is 70.0 Å². The smallest absolute Gasteiger partial charge is 0.306 e. The maximum Gasteiger partial charge on any atom is 0.306 e. The Kier molecular flexibility index (Phi) is 54.3. The fourth-order valence-corrected chi connectivity index (χ4v) is 9.45. The number of phosphoric acid groups is 1. The zero-order valence-corrected chi connectivity index (χ0v) is 50.4. The summed E-state index contributed by atoms with van der Waals surface area (Å²) in [5.74, 6) is -0.834. The van der Waals surface area contributed by atoms with Gasteiger partial charge in [-0.15, -0.1) is 0 Å². The number of quaternary nitrogens is 1. The van der Waals surface area contributed by atoms with Gasteiger partial charge in [0.25, 0.3) is 7.82 Å². The number of esters is 2. The molecule has 2 atom stereocenters. The molecule has 0 amide bonds. The van der Waals surface area contributed by atoms with Gasteiger partial charge in [0, 0.05) is 12.8 Å². The molecule has 0 fully saturated rings. The Hall–Kier alpha value is -2.55. The highest BCUT2D eigenvalue weighted by molar-refractivity contribution is 7.45. The fourth-order valence-electron chi connectivity index (χ4n) is 8.72. The van der Waals surface area contributed by atoms with E-state index in [-0.39, 0.29) is 32.0 Å². The van der Waals surface area contributed by atoms with Crippen molar-refractivity contribution in [3.8, 4) is 0 Å². The summed E-state index contributed by atoms with van der Waals surface area (Å²) in [6.45, 7) is 4.15. The molecule has 0 rings (SSSR count). The van der Waals surface area contributed by atoms with Gasteiger partial charge in [0.15, 0.2) is 6.10 Å². The third-order valence-electron chi connectivity index (χ3n) is 13.5. The first-order valence-corrected chi connectivity index (χ1v) is 32.6. The first-order chi connectivity index (χ1) is 36.5. The van der Waals surface area contributed by atoms with Gasteiger partial charge in [-0.25, -0.2) is 0 Å². The molecular formula is C65H118NO8P. The van der Waals surface area contributed by atoms with Crippen molar-refractivity contribution in [2.75, 3.05) is 47.5 Å². The third kappa shape index (κ3) is 60.5. The molecule has 0 bridgehead atoms. The Morgan fingerprint density at radius 2 is 0.760 bits per heavy atom. The monoisotopic (exact) mass is 1070 g/mol. The van der Waals surface area contributed by atoms with E-state index in [9.17, 15) is 19.0 Å². The van der Waals surface area contributed by atoms with E-state index in [4.69, 9.17) is 18.5 Å². The summed E-state index contributed by atoms with van der Waals surface area (Å²) in [4.78, 5) is 38.0. The van der Waals surface area contributed by atoms with Crippen molar-refractivity contribution in [3.05, 3.63) is 72.9 Å². The molecule has 0 aliphatic carbocycles. The van der Waals surface area contributed by atoms with Crippen LogP contribution in [0, 0.1) is 0 Å². The summed E-state index contributed by atoms with van der Waals surface area (Å²) in [6.07, 6.45) is 73.8. The number of hydrogen-bond acceptors (Lipinski definition) is 8. The summed E-state index contributed by atoms with van der Waals surface area (Å²) >= 11 is 0. The quantitative estimate of drug-likeness (QED) is 0.0195. The van der Waals surface area contributed by atoms with Gasteiger partial charge in [0.05, 0.1) is 27.7 Å². The van der Waals surface area contributed by atoms with Gasteiger partial charge >= 0.3 is 11.9 Å². The second-order valence-electron chi connectivity index (χ2n) is 22.0. The minimum atomic E-state index is -4.64. The molecule has 0 saturated carbocycles. The SMILES string of the molecule is CC/C=C\C/C=C\C/C=C\C/C=C\C/C=C\C/C=C\CCCCCCCCCCC(=O)OC(COC(=O)CCCCCCCCCCCCCCCCCCCCCCCCCC)COP(=O)([O-])OCC[N+](C)(C)C. The molecule has 75 heavy (non-hydrogen) atoms. The summed E-state index contributed by atoms with van der Waals surface area (Å²) < 4.78 is 34.2. The number of allylic oxidation sites excluding steroid dienone is 12. The van der Waals surface area contributed by atoms with Crippen LogP contribution in [-0.2, 0) is 32.7 Å². The molecule has 436 valence electrons. The number of hydrogen-bond donors (Lipinski definition) is 0. The van der Waals surface area contributed by atoms with Crippen LogP contribution >= 0.6 is 7.82 Å². The van der Waals surface area contributed by atoms with Crippen LogP contribution in [0.1, 0.15) is 277 Å². The summed E-state index contributed by atoms with van der Waals surface area (Å²) in [5.41, 5.74) is 0. The Morgan fingerprint density at radius 3 is 1.13 bits per heavy atom. The second kappa shape index (κ2) is 56.2. The van der Waals surface area contributed by atoms with Crippen molar-refractivity contribution in [2.45, 2.75) is 283 Å². The Bertz CT molecular complexity index is 1500. The van der Waals surface area contributed by atoms with Crippen molar-refractivity contribution in [3.63, 3.8) is 0 Å². The molecule has 0 aliphatic rings. The lowest BCUT2D eigenvalue weighted by molar-refractivity contribution is -0.870. The fraction of sp³-hybridized carbons (Fsp3) is 0.785. The lowest BCUT2D eigenvalue weighted by Gasteiger charge is -2.28. The van der Waals surface area contributed by atoms with Crippen LogP contribution in [0.4, 0.5) is 0 Å². The highest BCUT2D eigenvalue weighted by Gasteiger charge is 2.22. The number of carbonyl (C=O) groups excluding carboxylic acids is 2. The summed E-state index contributed by atoms with van der Waals surface area (Å²) in [6, 6.07) is 0. The van der Waals surface area contributed by atoms with Crippen LogP contribution in [0.25, 0.3) is 0 Å². The van der Waals surface area contributed by atoms with Crippen molar-refractivity contribution in [2.24, 2.45) is 0 Å². The molecule has 0 N–H and O–H groups in total. The van der Waals surface area contributed by atoms with Crippen LogP contribution in [0.15, 0.2) is 72.9 Å². The average molecular weight is 1070 g/mol. The number of likely N-dealkylation sites (N-methyl/N-ethyl adjacent to an activating group) is 1. The molecule has 0 aromatic carbocycles. The minimum absolute atomic E-state index is 0.0341. The summed E-state index contributed by atoms with van der Waals surface area (Å²) in [5, 5.41) is 0. The Labute approximate surface area is 463 Å². The van der Waals surface area contributed by atoms with E-state index in [0.717, 1.165) is 83.5 Å². The molecule has 0 aromatic rings. The van der Waals surface area contributed by atoms with Gasteiger partial charge < -0.3 is 27.9 Å². The van der Waals surface area contributed by atoms with E-state index in [2.05, 4.69) is 86.8 Å². The molecule has 0 spiro atoms. The zero-order valence-electron chi connectivity index (χ0n) is 49.5. The normalized spacial score (nSPS) is 13.7. The van der Waals surface area contributed by atoms with E-state index in [1.165, 1.54) is 161 Å². The predicted molar refractivity (Wildman–Crippen MR) is 319 cm³/mol. The standard InChI is InChI=1S/C65H118NO8P/c1-6-8-10-12-14-16-18-20-22-24-26-28-30-32-33-34-36-38-40-42-44-46-48-50-52-54-56-58-65(68)74-63(62-73-75(69,70)72-60-59-66(3,4)5)61-71-64(67)57-55-53-51-49-47-45-43-41-39-37-35-31-29-27-25-23-21-19-17-15-13-11-9-7-2/h8,10,14,16,20,22,26,28,32-33,36,38,63H,6-7,9,11-13,15,17-19,21,23-25,27,29-31,34-35,37,39-62H2,1-5H3/b10-8-,16-14-,22-20-,28-26-,33-32-,38-36-. The molecule has 0 aliphatic heterocycles. The molecule has 10 heteroatoms. The average Bonchev–Trinajstić information content (AvgIpc) is 3.37. The first-order valence-electron chi connectivity index (χ1n) is 31.1. The third-order valence-corrected chi connectivity index (χ3v) is 14.5. The summed E-state index contributed by atoms with van der Waals surface area (Å²) in [7, 11) is 1.16. The van der Waals surface area contributed by atoms with Crippen molar-refractivity contribution in [1.29, 1.82) is 0 Å². The van der Waals surface area contributed by atoms with Crippen LogP contribution < -0.4 is 4.89 Å². The molecular weight excluding hydrogens is 954 g/mol. The molecule has 9 nitrogen and oxygen atoms in total. The van der Waals surface area contributed by atoms with E-state index in [0.29, 0.717) is 17.4 Å². The molecule has 0 radical (unpaired) electrons. The van der Waals surface area contributed by atoms with Gasteiger partial charge in [-0.1, -0.05) is 273 Å². The lowest BCUT2D eigenvalue weighted by atomic mass is 10.0. The zero-order chi connectivity index (χ0) is 54.9. The van der Waals surface area contributed by atoms with Gasteiger partial charge in [0.1, 0.15) is 19.8 Å². The largest absolute Gasteiger partial charge is 0.756 e. The highest BCUT2D eigenvalue weighted by Crippen LogP contribution is 2.38. The van der Waals surface area contributed by atoms with Crippen molar-refractivity contribution >= 4 is 19.8 Å². The molecule has 0 saturated heterocycles. The van der Waals surface area contributed by atoms with Crippen molar-refractivity contribution < 1.29 is 42.1 Å². The molecule has 0 aromatic heterocycles. The van der Waals surface area contributed by atoms with Crippen molar-refractivity contribution in [1.82, 2.24) is 0 Å². The Morgan fingerprint density at radius 1 is 0.427 bits per heavy atom. The Balaban J connectivity index is 4.14. The van der Waals surface area contributed by atoms with E-state index in [1.54, 1.807) is 0 Å². The number of unbranched alkanes of at least 4 members (excludes halogenated alkanes) is 31. The first kappa shape index (κ1) is 72.5. The maximum absolute atomic E-state index is 12.8. The van der Waals surface area contributed by atoms with Gasteiger partial charge in [-0.3, -0.25) is 14.2 Å². The van der Waals surface area contributed by atoms with E-state index in [1.807, 2.05) is 21.1 Å². The van der Waals surface area contributed by atoms with E-state index < -0.39 is 26.5 Å². The number of phosphoric ester groups is 1. The number of nitrogens with zero attached hydrogens (tertiary/aromatic N) is 1. The van der Waals surface area contributed by atoms with Gasteiger partial charge in [-0.05, 0) is 64.2 Å². The maximum atomic E-state index is 12.8. The lowest BCUT2D eigenvalue weighted by Crippen LogP contribution is -2.37. The van der Waals surface area contributed by atoms with Crippen LogP contribution in [0.5, 0.6) is 0 Å². The van der Waals surface area contributed by atoms with Gasteiger partial charge in [0.2, 0.25) is 0 Å². The highest BCUT2D eigenvalue weighted by atomic mass is 31.2.